The molecule has 0 aromatic heterocycles. The lowest BCUT2D eigenvalue weighted by Gasteiger charge is -2.37. The lowest BCUT2D eigenvalue weighted by Crippen LogP contribution is -2.50. The van der Waals surface area contributed by atoms with E-state index in [-0.39, 0.29) is 11.8 Å². The largest absolute Gasteiger partial charge is 0.339 e. The van der Waals surface area contributed by atoms with E-state index in [0.717, 1.165) is 5.69 Å². The molecule has 1 heterocycles. The number of amides is 1. The van der Waals surface area contributed by atoms with Crippen molar-refractivity contribution in [2.24, 2.45) is 5.92 Å². The number of carbonyl (C=O) groups excluding carboxylic acids is 1. The zero-order valence-electron chi connectivity index (χ0n) is 10.0. The molecule has 1 aliphatic rings. The predicted molar refractivity (Wildman–Crippen MR) is 65.2 cm³/mol. The predicted octanol–water partition coefficient (Wildman–Crippen LogP) is 2.00. The highest BCUT2D eigenvalue weighted by Gasteiger charge is 2.46. The van der Waals surface area contributed by atoms with Gasteiger partial charge in [0.05, 0.1) is 6.67 Å². The molecule has 0 saturated carbocycles. The van der Waals surface area contributed by atoms with Gasteiger partial charge >= 0.3 is 0 Å². The van der Waals surface area contributed by atoms with Crippen molar-refractivity contribution in [3.63, 3.8) is 0 Å². The van der Waals surface area contributed by atoms with Gasteiger partial charge in [0.1, 0.15) is 5.54 Å². The van der Waals surface area contributed by atoms with Crippen LogP contribution in [0.5, 0.6) is 0 Å². The van der Waals surface area contributed by atoms with Gasteiger partial charge in [-0.1, -0.05) is 32.0 Å². The van der Waals surface area contributed by atoms with E-state index in [0.29, 0.717) is 6.67 Å². The van der Waals surface area contributed by atoms with E-state index in [1.807, 2.05) is 37.3 Å². The Morgan fingerprint density at radius 3 is 2.50 bits per heavy atom. The number of para-hydroxylation sites is 1. The summed E-state index contributed by atoms with van der Waals surface area (Å²) in [6, 6.07) is 10.1. The molecule has 1 aromatic carbocycles. The first-order valence-corrected chi connectivity index (χ1v) is 5.68. The normalized spacial score (nSPS) is 25.0. The van der Waals surface area contributed by atoms with Gasteiger partial charge in [-0.15, -0.1) is 0 Å². The smallest absolute Gasteiger partial charge is 0.247 e. The van der Waals surface area contributed by atoms with Crippen LogP contribution in [0.4, 0.5) is 5.69 Å². The molecule has 3 nitrogen and oxygen atoms in total. The summed E-state index contributed by atoms with van der Waals surface area (Å²) in [7, 11) is 0. The van der Waals surface area contributed by atoms with Crippen LogP contribution in [0.15, 0.2) is 30.3 Å². The lowest BCUT2D eigenvalue weighted by atomic mass is 9.87. The molecular formula is C13H18N2O. The number of nitrogens with zero attached hydrogens (tertiary/aromatic N) is 1. The van der Waals surface area contributed by atoms with Gasteiger partial charge in [-0.2, -0.15) is 0 Å². The molecule has 2 rings (SSSR count). The Morgan fingerprint density at radius 2 is 1.94 bits per heavy atom. The maximum Gasteiger partial charge on any atom is 0.247 e. The maximum absolute atomic E-state index is 12.0. The van der Waals surface area contributed by atoms with E-state index >= 15 is 0 Å². The summed E-state index contributed by atoms with van der Waals surface area (Å²) in [5, 5.41) is 2.93. The third kappa shape index (κ3) is 1.47. The molecule has 0 spiro atoms. The summed E-state index contributed by atoms with van der Waals surface area (Å²) in [6.45, 7) is 6.77. The van der Waals surface area contributed by atoms with Crippen molar-refractivity contribution in [1.82, 2.24) is 5.32 Å². The minimum absolute atomic E-state index is 0.117. The minimum atomic E-state index is -0.443. The molecule has 0 bridgehead atoms. The van der Waals surface area contributed by atoms with Crippen molar-refractivity contribution in [1.29, 1.82) is 0 Å². The Hall–Kier alpha value is -1.51. The number of anilines is 1. The quantitative estimate of drug-likeness (QED) is 0.823. The summed E-state index contributed by atoms with van der Waals surface area (Å²) in [4.78, 5) is 14.1. The number of rotatable bonds is 2. The van der Waals surface area contributed by atoms with Crippen LogP contribution in [0.25, 0.3) is 0 Å². The summed E-state index contributed by atoms with van der Waals surface area (Å²) in [5.41, 5.74) is 0.651. The fraction of sp³-hybridized carbons (Fsp3) is 0.462. The summed E-state index contributed by atoms with van der Waals surface area (Å²) >= 11 is 0. The third-order valence-electron chi connectivity index (χ3n) is 3.61. The molecular weight excluding hydrogens is 200 g/mol. The fourth-order valence-corrected chi connectivity index (χ4v) is 2.16. The van der Waals surface area contributed by atoms with Crippen LogP contribution in [0.3, 0.4) is 0 Å². The van der Waals surface area contributed by atoms with Crippen molar-refractivity contribution < 1.29 is 4.79 Å². The number of hydrogen-bond donors (Lipinski definition) is 1. The van der Waals surface area contributed by atoms with Crippen LogP contribution in [0, 0.1) is 5.92 Å². The van der Waals surface area contributed by atoms with Crippen LogP contribution in [0.1, 0.15) is 20.8 Å². The van der Waals surface area contributed by atoms with Crippen LogP contribution >= 0.6 is 0 Å². The Kier molecular flexibility index (Phi) is 2.62. The molecule has 16 heavy (non-hydrogen) atoms. The zero-order valence-corrected chi connectivity index (χ0v) is 10.0. The molecule has 3 heteroatoms. The number of hydrogen-bond acceptors (Lipinski definition) is 2. The molecule has 1 amide bonds. The summed E-state index contributed by atoms with van der Waals surface area (Å²) < 4.78 is 0. The van der Waals surface area contributed by atoms with E-state index in [2.05, 4.69) is 24.1 Å². The van der Waals surface area contributed by atoms with Gasteiger partial charge in [-0.05, 0) is 25.0 Å². The Labute approximate surface area is 96.5 Å². The van der Waals surface area contributed by atoms with Gasteiger partial charge in [0.15, 0.2) is 0 Å². The molecule has 0 radical (unpaired) electrons. The minimum Gasteiger partial charge on any atom is -0.339 e. The van der Waals surface area contributed by atoms with Crippen molar-refractivity contribution >= 4 is 11.6 Å². The van der Waals surface area contributed by atoms with Crippen molar-refractivity contribution in [3.8, 4) is 0 Å². The van der Waals surface area contributed by atoms with E-state index < -0.39 is 5.54 Å². The average Bonchev–Trinajstić information content (AvgIpc) is 2.58. The fourth-order valence-electron chi connectivity index (χ4n) is 2.16. The van der Waals surface area contributed by atoms with Gasteiger partial charge in [-0.3, -0.25) is 4.79 Å². The Balaban J connectivity index is 2.39. The Bertz CT molecular complexity index is 388. The topological polar surface area (TPSA) is 32.3 Å². The summed E-state index contributed by atoms with van der Waals surface area (Å²) in [6.07, 6.45) is 0. The number of carbonyl (C=O) groups is 1. The molecule has 0 aliphatic carbocycles. The highest BCUT2D eigenvalue weighted by atomic mass is 16.2. The second kappa shape index (κ2) is 3.81. The molecule has 86 valence electrons. The van der Waals surface area contributed by atoms with Crippen LogP contribution in [-0.2, 0) is 4.79 Å². The molecule has 1 aromatic rings. The van der Waals surface area contributed by atoms with Gasteiger partial charge in [0.2, 0.25) is 5.91 Å². The van der Waals surface area contributed by atoms with Gasteiger partial charge in [0, 0.05) is 5.69 Å². The standard InChI is InChI=1S/C13H18N2O/c1-10(2)13(3)12(16)14-9-15(13)11-7-5-4-6-8-11/h4-8,10H,9H2,1-3H3,(H,14,16). The van der Waals surface area contributed by atoms with Crippen LogP contribution < -0.4 is 10.2 Å². The van der Waals surface area contributed by atoms with Crippen LogP contribution in [-0.4, -0.2) is 18.1 Å². The first-order chi connectivity index (χ1) is 7.56. The van der Waals surface area contributed by atoms with E-state index in [9.17, 15) is 4.79 Å². The van der Waals surface area contributed by atoms with E-state index in [1.165, 1.54) is 0 Å². The molecule has 1 N–H and O–H groups in total. The van der Waals surface area contributed by atoms with Gasteiger partial charge in [0.25, 0.3) is 0 Å². The highest BCUT2D eigenvalue weighted by Crippen LogP contribution is 2.32. The monoisotopic (exact) mass is 218 g/mol. The molecule has 1 atom stereocenters. The second-order valence-electron chi connectivity index (χ2n) is 4.73. The molecule has 1 unspecified atom stereocenters. The summed E-state index contributed by atoms with van der Waals surface area (Å²) in [5.74, 6) is 0.390. The second-order valence-corrected chi connectivity index (χ2v) is 4.73. The Morgan fingerprint density at radius 1 is 1.31 bits per heavy atom. The molecule has 1 aliphatic heterocycles. The lowest BCUT2D eigenvalue weighted by molar-refractivity contribution is -0.124. The SMILES string of the molecule is CC(C)C1(C)C(=O)NCN1c1ccccc1. The average molecular weight is 218 g/mol. The van der Waals surface area contributed by atoms with E-state index in [1.54, 1.807) is 0 Å². The highest BCUT2D eigenvalue weighted by molar-refractivity contribution is 5.93. The first kappa shape index (κ1) is 11.0. The molecule has 1 fully saturated rings. The zero-order chi connectivity index (χ0) is 11.8. The van der Waals surface area contributed by atoms with Crippen molar-refractivity contribution in [3.05, 3.63) is 30.3 Å². The van der Waals surface area contributed by atoms with Crippen molar-refractivity contribution in [2.45, 2.75) is 26.3 Å². The molecule has 1 saturated heterocycles. The van der Waals surface area contributed by atoms with Gasteiger partial charge in [-0.25, -0.2) is 0 Å². The van der Waals surface area contributed by atoms with Crippen LogP contribution in [0.2, 0.25) is 0 Å². The van der Waals surface area contributed by atoms with Gasteiger partial charge < -0.3 is 10.2 Å². The van der Waals surface area contributed by atoms with E-state index in [4.69, 9.17) is 0 Å². The van der Waals surface area contributed by atoms with Crippen molar-refractivity contribution in [2.75, 3.05) is 11.6 Å². The first-order valence-electron chi connectivity index (χ1n) is 5.68. The third-order valence-corrected chi connectivity index (χ3v) is 3.61. The maximum atomic E-state index is 12.0. The number of benzene rings is 1. The number of nitrogens with one attached hydrogen (secondary N) is 1.